The van der Waals surface area contributed by atoms with Gasteiger partial charge in [0.15, 0.2) is 0 Å². The summed E-state index contributed by atoms with van der Waals surface area (Å²) in [7, 11) is 0. The number of fused-ring (bicyclic) bond motifs is 3. The predicted molar refractivity (Wildman–Crippen MR) is 115 cm³/mol. The second-order valence-electron chi connectivity index (χ2n) is 8.20. The topological polar surface area (TPSA) is 81.6 Å². The van der Waals surface area contributed by atoms with Crippen LogP contribution in [0.15, 0.2) is 24.3 Å². The van der Waals surface area contributed by atoms with E-state index in [4.69, 9.17) is 9.47 Å². The van der Waals surface area contributed by atoms with Crippen molar-refractivity contribution in [2.45, 2.75) is 72.9 Å². The van der Waals surface area contributed by atoms with Crippen molar-refractivity contribution in [3.63, 3.8) is 0 Å². The molecule has 30 heavy (non-hydrogen) atoms. The average Bonchev–Trinajstić information content (AvgIpc) is 2.95. The fourth-order valence-corrected chi connectivity index (χ4v) is 3.82. The van der Waals surface area contributed by atoms with Gasteiger partial charge in [-0.15, -0.1) is 0 Å². The molecule has 3 rings (SSSR count). The highest BCUT2D eigenvalue weighted by Crippen LogP contribution is 2.38. The number of amides is 2. The van der Waals surface area contributed by atoms with Crippen LogP contribution in [0, 0.1) is 6.92 Å². The minimum atomic E-state index is -0.462. The molecule has 0 radical (unpaired) electrons. The van der Waals surface area contributed by atoms with Crippen molar-refractivity contribution in [2.75, 3.05) is 0 Å². The van der Waals surface area contributed by atoms with E-state index in [1.807, 2.05) is 46.8 Å². The number of carbonyl (C=O) groups is 2. The van der Waals surface area contributed by atoms with Crippen molar-refractivity contribution < 1.29 is 19.1 Å². The predicted octanol–water partition coefficient (Wildman–Crippen LogP) is 4.29. The number of nitrogens with zero attached hydrogens (tertiary/aromatic N) is 1. The van der Waals surface area contributed by atoms with Crippen LogP contribution < -0.4 is 10.6 Å². The first-order valence-electron chi connectivity index (χ1n) is 10.4. The van der Waals surface area contributed by atoms with Crippen molar-refractivity contribution in [1.82, 2.24) is 15.2 Å². The van der Waals surface area contributed by atoms with Crippen LogP contribution in [0.25, 0.3) is 11.3 Å². The molecule has 0 atom stereocenters. The zero-order valence-electron chi connectivity index (χ0n) is 18.4. The Bertz CT molecular complexity index is 931. The molecule has 2 N–H and O–H groups in total. The molecule has 0 unspecified atom stereocenters. The Kier molecular flexibility index (Phi) is 6.70. The molecular weight excluding hydrogens is 382 g/mol. The number of benzene rings is 1. The first kappa shape index (κ1) is 21.7. The van der Waals surface area contributed by atoms with Gasteiger partial charge >= 0.3 is 12.2 Å². The highest BCUT2D eigenvalue weighted by Gasteiger charge is 2.27. The molecular formula is C23H31N3O4. The molecule has 0 bridgehead atoms. The van der Waals surface area contributed by atoms with Crippen LogP contribution in [0.4, 0.5) is 9.59 Å². The Labute approximate surface area is 177 Å². The molecule has 0 fully saturated rings. The second kappa shape index (κ2) is 9.24. The number of nitrogens with one attached hydrogen (secondary N) is 2. The largest absolute Gasteiger partial charge is 0.445 e. The average molecular weight is 414 g/mol. The number of ether oxygens (including phenoxy) is 2. The van der Waals surface area contributed by atoms with E-state index in [-0.39, 0.29) is 25.3 Å². The third kappa shape index (κ3) is 4.78. The van der Waals surface area contributed by atoms with Gasteiger partial charge in [0.25, 0.3) is 0 Å². The van der Waals surface area contributed by atoms with E-state index in [1.54, 1.807) is 0 Å². The monoisotopic (exact) mass is 413 g/mol. The van der Waals surface area contributed by atoms with Crippen molar-refractivity contribution in [3.8, 4) is 11.3 Å². The quantitative estimate of drug-likeness (QED) is 0.740. The highest BCUT2D eigenvalue weighted by molar-refractivity contribution is 5.73. The maximum atomic E-state index is 12.1. The number of rotatable bonds is 6. The Hall–Kier alpha value is -2.96. The smallest absolute Gasteiger partial charge is 0.407 e. The summed E-state index contributed by atoms with van der Waals surface area (Å²) in [6.07, 6.45) is 0.00975. The molecule has 7 heteroatoms. The summed E-state index contributed by atoms with van der Waals surface area (Å²) in [4.78, 5) is 24.2. The SMILES string of the molecule is Cc1c(COC(=O)NC(C)C)c(COC(=O)NC(C)C)c2n1CCc1ccccc1-2. The van der Waals surface area contributed by atoms with Gasteiger partial charge in [-0.1, -0.05) is 24.3 Å². The van der Waals surface area contributed by atoms with Gasteiger partial charge in [-0.2, -0.15) is 0 Å². The first-order valence-corrected chi connectivity index (χ1v) is 10.4. The van der Waals surface area contributed by atoms with E-state index in [2.05, 4.69) is 27.3 Å². The van der Waals surface area contributed by atoms with Crippen molar-refractivity contribution >= 4 is 12.2 Å². The Morgan fingerprint density at radius 2 is 1.53 bits per heavy atom. The number of hydrogen-bond donors (Lipinski definition) is 2. The summed E-state index contributed by atoms with van der Waals surface area (Å²) in [5, 5.41) is 5.48. The summed E-state index contributed by atoms with van der Waals surface area (Å²) in [5.74, 6) is 0. The van der Waals surface area contributed by atoms with Gasteiger partial charge in [-0.25, -0.2) is 9.59 Å². The van der Waals surface area contributed by atoms with Gasteiger partial charge in [-0.3, -0.25) is 0 Å². The number of hydrogen-bond acceptors (Lipinski definition) is 4. The third-order valence-corrected chi connectivity index (χ3v) is 5.15. The summed E-state index contributed by atoms with van der Waals surface area (Å²) in [6, 6.07) is 8.26. The fraction of sp³-hybridized carbons (Fsp3) is 0.478. The third-order valence-electron chi connectivity index (χ3n) is 5.15. The Balaban J connectivity index is 1.94. The van der Waals surface area contributed by atoms with Gasteiger partial charge in [0.2, 0.25) is 0 Å². The van der Waals surface area contributed by atoms with Gasteiger partial charge < -0.3 is 24.7 Å². The fourth-order valence-electron chi connectivity index (χ4n) is 3.82. The summed E-state index contributed by atoms with van der Waals surface area (Å²) < 4.78 is 13.2. The standard InChI is InChI=1S/C23H31N3O4/c1-14(2)24-22(27)29-12-19-16(5)26-11-10-17-8-6-7-9-18(17)21(26)20(19)13-30-23(28)25-15(3)4/h6-9,14-15H,10-13H2,1-5H3,(H,24,27)(H,25,28). The van der Waals surface area contributed by atoms with Gasteiger partial charge in [0.05, 0.1) is 5.69 Å². The van der Waals surface area contributed by atoms with E-state index < -0.39 is 12.2 Å². The lowest BCUT2D eigenvalue weighted by Gasteiger charge is -2.21. The number of alkyl carbamates (subject to hydrolysis) is 2. The van der Waals surface area contributed by atoms with Gasteiger partial charge in [0.1, 0.15) is 13.2 Å². The summed E-state index contributed by atoms with van der Waals surface area (Å²) >= 11 is 0. The molecule has 2 aromatic rings. The molecule has 162 valence electrons. The minimum absolute atomic E-state index is 0.00440. The Morgan fingerprint density at radius 1 is 0.967 bits per heavy atom. The van der Waals surface area contributed by atoms with Crippen LogP contribution in [-0.4, -0.2) is 28.8 Å². The van der Waals surface area contributed by atoms with Crippen molar-refractivity contribution in [3.05, 3.63) is 46.6 Å². The molecule has 0 aliphatic carbocycles. The number of aryl methyl sites for hydroxylation is 1. The highest BCUT2D eigenvalue weighted by atomic mass is 16.6. The molecule has 2 amide bonds. The van der Waals surface area contributed by atoms with Crippen LogP contribution in [0.2, 0.25) is 0 Å². The van der Waals surface area contributed by atoms with E-state index in [1.165, 1.54) is 5.56 Å². The molecule has 7 nitrogen and oxygen atoms in total. The van der Waals surface area contributed by atoms with Gasteiger partial charge in [0, 0.05) is 41.0 Å². The molecule has 0 saturated heterocycles. The van der Waals surface area contributed by atoms with Crippen molar-refractivity contribution in [1.29, 1.82) is 0 Å². The molecule has 1 aromatic heterocycles. The summed E-state index contributed by atoms with van der Waals surface area (Å²) in [6.45, 7) is 10.6. The lowest BCUT2D eigenvalue weighted by Crippen LogP contribution is -2.31. The van der Waals surface area contributed by atoms with Crippen molar-refractivity contribution in [2.24, 2.45) is 0 Å². The maximum Gasteiger partial charge on any atom is 0.407 e. The minimum Gasteiger partial charge on any atom is -0.445 e. The second-order valence-corrected chi connectivity index (χ2v) is 8.20. The lowest BCUT2D eigenvalue weighted by molar-refractivity contribution is 0.129. The molecule has 1 aromatic carbocycles. The van der Waals surface area contributed by atoms with E-state index in [0.717, 1.165) is 41.0 Å². The molecule has 1 aliphatic heterocycles. The number of aromatic nitrogens is 1. The van der Waals surface area contributed by atoms with Gasteiger partial charge in [-0.05, 0) is 46.6 Å². The maximum absolute atomic E-state index is 12.1. The first-order chi connectivity index (χ1) is 14.3. The van der Waals surface area contributed by atoms with Crippen LogP contribution in [0.5, 0.6) is 0 Å². The molecule has 0 spiro atoms. The molecule has 1 aliphatic rings. The van der Waals surface area contributed by atoms with E-state index in [9.17, 15) is 9.59 Å². The lowest BCUT2D eigenvalue weighted by atomic mass is 9.96. The summed E-state index contributed by atoms with van der Waals surface area (Å²) in [5.41, 5.74) is 6.23. The van der Waals surface area contributed by atoms with Crippen LogP contribution in [0.3, 0.4) is 0 Å². The molecule has 0 saturated carbocycles. The van der Waals surface area contributed by atoms with Crippen LogP contribution in [0.1, 0.15) is 50.1 Å². The Morgan fingerprint density at radius 3 is 2.13 bits per heavy atom. The molecule has 2 heterocycles. The zero-order chi connectivity index (χ0) is 21.8. The van der Waals surface area contributed by atoms with Crippen LogP contribution in [-0.2, 0) is 35.7 Å². The van der Waals surface area contributed by atoms with Crippen LogP contribution >= 0.6 is 0 Å². The normalized spacial score (nSPS) is 12.4. The van der Waals surface area contributed by atoms with E-state index >= 15 is 0 Å². The number of carbonyl (C=O) groups excluding carboxylic acids is 2. The van der Waals surface area contributed by atoms with E-state index in [0.29, 0.717) is 0 Å². The zero-order valence-corrected chi connectivity index (χ0v) is 18.4.